The maximum Gasteiger partial charge on any atom is 0.331 e. The van der Waals surface area contributed by atoms with E-state index in [-0.39, 0.29) is 31.3 Å². The van der Waals surface area contributed by atoms with Crippen LogP contribution in [0.25, 0.3) is 0 Å². The molecule has 0 radical (unpaired) electrons. The molecule has 7 N–H and O–H groups in total. The highest BCUT2D eigenvalue weighted by Gasteiger charge is 2.31. The Hall–Kier alpha value is -1.03. The van der Waals surface area contributed by atoms with Crippen LogP contribution in [0.15, 0.2) is 11.1 Å². The van der Waals surface area contributed by atoms with Crippen molar-refractivity contribution in [2.75, 3.05) is 39.6 Å². The van der Waals surface area contributed by atoms with E-state index in [4.69, 9.17) is 0 Å². The fourth-order valence-electron chi connectivity index (χ4n) is 2.26. The van der Waals surface area contributed by atoms with Crippen molar-refractivity contribution in [2.45, 2.75) is 32.6 Å². The quantitative estimate of drug-likeness (QED) is 0.206. The molecule has 24 heavy (non-hydrogen) atoms. The molecule has 0 heterocycles. The fraction of sp³-hybridized carbons (Fsp3) is 0.812. The standard InChI is InChI=1S/C16H30O8/c1-12(14(23)24)13(2-4-15(6-17,7-18)8-19)3-5-16(9-20,10-21)11-22/h17-22H,2-11H2,1H3,(H,23,24). The highest BCUT2D eigenvalue weighted by Crippen LogP contribution is 2.31. The van der Waals surface area contributed by atoms with Gasteiger partial charge >= 0.3 is 5.97 Å². The average Bonchev–Trinajstić information content (AvgIpc) is 2.62. The number of hydrogen-bond donors (Lipinski definition) is 7. The van der Waals surface area contributed by atoms with Crippen molar-refractivity contribution in [1.82, 2.24) is 0 Å². The number of hydrogen-bond acceptors (Lipinski definition) is 7. The van der Waals surface area contributed by atoms with Gasteiger partial charge in [0.2, 0.25) is 0 Å². The maximum absolute atomic E-state index is 11.3. The van der Waals surface area contributed by atoms with Gasteiger partial charge in [0, 0.05) is 16.4 Å². The fourth-order valence-corrected chi connectivity index (χ4v) is 2.26. The van der Waals surface area contributed by atoms with Crippen LogP contribution in [-0.2, 0) is 4.79 Å². The maximum atomic E-state index is 11.3. The van der Waals surface area contributed by atoms with Crippen LogP contribution in [-0.4, -0.2) is 81.4 Å². The molecule has 0 saturated heterocycles. The molecule has 0 amide bonds. The van der Waals surface area contributed by atoms with E-state index in [1.165, 1.54) is 6.92 Å². The van der Waals surface area contributed by atoms with Gasteiger partial charge in [0.15, 0.2) is 0 Å². The van der Waals surface area contributed by atoms with Crippen molar-refractivity contribution >= 4 is 5.97 Å². The Morgan fingerprint density at radius 3 is 1.21 bits per heavy atom. The lowest BCUT2D eigenvalue weighted by Crippen LogP contribution is -2.35. The highest BCUT2D eigenvalue weighted by atomic mass is 16.4. The first kappa shape index (κ1) is 23.0. The van der Waals surface area contributed by atoms with Gasteiger partial charge in [0.1, 0.15) is 0 Å². The number of aliphatic hydroxyl groups excluding tert-OH is 6. The molecule has 0 bridgehead atoms. The molecule has 0 aromatic rings. The van der Waals surface area contributed by atoms with E-state index < -0.39 is 56.4 Å². The van der Waals surface area contributed by atoms with Crippen LogP contribution in [0, 0.1) is 10.8 Å². The average molecular weight is 350 g/mol. The third kappa shape index (κ3) is 6.12. The summed E-state index contributed by atoms with van der Waals surface area (Å²) in [5.41, 5.74) is -1.60. The summed E-state index contributed by atoms with van der Waals surface area (Å²) in [4.78, 5) is 11.3. The van der Waals surface area contributed by atoms with Gasteiger partial charge in [-0.15, -0.1) is 0 Å². The minimum atomic E-state index is -1.12. The van der Waals surface area contributed by atoms with Gasteiger partial charge in [-0.25, -0.2) is 4.79 Å². The molecule has 0 rings (SSSR count). The van der Waals surface area contributed by atoms with Crippen LogP contribution < -0.4 is 0 Å². The zero-order valence-corrected chi connectivity index (χ0v) is 14.1. The monoisotopic (exact) mass is 350 g/mol. The molecule has 0 aliphatic carbocycles. The largest absolute Gasteiger partial charge is 0.478 e. The minimum Gasteiger partial charge on any atom is -0.478 e. The first-order chi connectivity index (χ1) is 11.3. The van der Waals surface area contributed by atoms with Crippen LogP contribution in [0.3, 0.4) is 0 Å². The van der Waals surface area contributed by atoms with E-state index in [0.29, 0.717) is 5.57 Å². The third-order valence-corrected chi connectivity index (χ3v) is 4.78. The molecule has 0 unspecified atom stereocenters. The van der Waals surface area contributed by atoms with Gasteiger partial charge in [-0.3, -0.25) is 0 Å². The van der Waals surface area contributed by atoms with Crippen molar-refractivity contribution in [1.29, 1.82) is 0 Å². The normalized spacial score (nSPS) is 12.3. The van der Waals surface area contributed by atoms with E-state index in [1.54, 1.807) is 0 Å². The van der Waals surface area contributed by atoms with Crippen molar-refractivity contribution in [3.05, 3.63) is 11.1 Å². The second-order valence-electron chi connectivity index (χ2n) is 6.48. The summed E-state index contributed by atoms with van der Waals surface area (Å²) in [5, 5.41) is 65.4. The summed E-state index contributed by atoms with van der Waals surface area (Å²) >= 11 is 0. The van der Waals surface area contributed by atoms with Gasteiger partial charge in [0.25, 0.3) is 0 Å². The first-order valence-electron chi connectivity index (χ1n) is 7.86. The van der Waals surface area contributed by atoms with E-state index >= 15 is 0 Å². The van der Waals surface area contributed by atoms with Gasteiger partial charge in [-0.1, -0.05) is 5.57 Å². The van der Waals surface area contributed by atoms with E-state index in [2.05, 4.69) is 0 Å². The highest BCUT2D eigenvalue weighted by molar-refractivity contribution is 5.86. The third-order valence-electron chi connectivity index (χ3n) is 4.78. The topological polar surface area (TPSA) is 159 Å². The number of rotatable bonds is 13. The Balaban J connectivity index is 5.23. The Morgan fingerprint density at radius 2 is 1.00 bits per heavy atom. The predicted octanol–water partition coefficient (Wildman–Crippen LogP) is -1.13. The van der Waals surface area contributed by atoms with Gasteiger partial charge in [0.05, 0.1) is 39.6 Å². The number of aliphatic hydroxyl groups is 6. The van der Waals surface area contributed by atoms with Gasteiger partial charge in [-0.05, 0) is 32.6 Å². The molecular formula is C16H30O8. The second-order valence-corrected chi connectivity index (χ2v) is 6.48. The summed E-state index contributed by atoms with van der Waals surface area (Å²) in [6, 6.07) is 0. The molecular weight excluding hydrogens is 320 g/mol. The van der Waals surface area contributed by atoms with E-state index in [9.17, 15) is 40.5 Å². The first-order valence-corrected chi connectivity index (χ1v) is 7.86. The molecule has 142 valence electrons. The van der Waals surface area contributed by atoms with Crippen LogP contribution in [0.2, 0.25) is 0 Å². The zero-order valence-electron chi connectivity index (χ0n) is 14.1. The Kier molecular flexibility index (Phi) is 10.3. The molecule has 0 saturated carbocycles. The molecule has 0 fully saturated rings. The second kappa shape index (κ2) is 10.8. The number of allylic oxidation sites excluding steroid dienone is 1. The molecule has 0 atom stereocenters. The number of carbonyl (C=O) groups is 1. The summed E-state index contributed by atoms with van der Waals surface area (Å²) in [6.45, 7) is -1.20. The SMILES string of the molecule is CC(C(=O)O)=C(CCC(CO)(CO)CO)CCC(CO)(CO)CO. The van der Waals surface area contributed by atoms with Crippen molar-refractivity contribution in [2.24, 2.45) is 10.8 Å². The van der Waals surface area contributed by atoms with Crippen LogP contribution in [0.1, 0.15) is 32.6 Å². The number of carboxylic acids is 1. The summed E-state index contributed by atoms with van der Waals surface area (Å²) in [5.74, 6) is -1.12. The molecule has 8 heteroatoms. The number of aliphatic carboxylic acids is 1. The molecule has 0 aromatic heterocycles. The molecule has 0 aliphatic heterocycles. The van der Waals surface area contributed by atoms with Crippen LogP contribution in [0.4, 0.5) is 0 Å². The van der Waals surface area contributed by atoms with Crippen molar-refractivity contribution in [3.63, 3.8) is 0 Å². The molecule has 8 nitrogen and oxygen atoms in total. The Bertz CT molecular complexity index is 368. The van der Waals surface area contributed by atoms with E-state index in [1.807, 2.05) is 0 Å². The zero-order chi connectivity index (χ0) is 18.8. The molecule has 0 aliphatic rings. The lowest BCUT2D eigenvalue weighted by Gasteiger charge is -2.30. The van der Waals surface area contributed by atoms with Crippen LogP contribution in [0.5, 0.6) is 0 Å². The van der Waals surface area contributed by atoms with Gasteiger partial charge < -0.3 is 35.7 Å². The summed E-state index contributed by atoms with van der Waals surface area (Å²) < 4.78 is 0. The van der Waals surface area contributed by atoms with Gasteiger partial charge in [-0.2, -0.15) is 0 Å². The lowest BCUT2D eigenvalue weighted by atomic mass is 9.80. The van der Waals surface area contributed by atoms with Crippen molar-refractivity contribution < 1.29 is 40.5 Å². The Morgan fingerprint density at radius 1 is 0.708 bits per heavy atom. The lowest BCUT2D eigenvalue weighted by molar-refractivity contribution is -0.132. The van der Waals surface area contributed by atoms with Crippen molar-refractivity contribution in [3.8, 4) is 0 Å². The number of carboxylic acid groups (broad SMARTS) is 1. The van der Waals surface area contributed by atoms with E-state index in [0.717, 1.165) is 0 Å². The predicted molar refractivity (Wildman–Crippen MR) is 86.2 cm³/mol. The smallest absolute Gasteiger partial charge is 0.331 e. The molecule has 0 spiro atoms. The molecule has 0 aromatic carbocycles. The summed E-state index contributed by atoms with van der Waals surface area (Å²) in [7, 11) is 0. The minimum absolute atomic E-state index is 0.0976. The van der Waals surface area contributed by atoms with Crippen LogP contribution >= 0.6 is 0 Å². The Labute approximate surface area is 141 Å². The summed E-state index contributed by atoms with van der Waals surface area (Å²) in [6.07, 6.45) is 0.804.